The summed E-state index contributed by atoms with van der Waals surface area (Å²) in [5.41, 5.74) is 5.73. The topological polar surface area (TPSA) is 104 Å². The van der Waals surface area contributed by atoms with Crippen LogP contribution in [0.15, 0.2) is 48.9 Å². The second kappa shape index (κ2) is 8.38. The molecule has 0 spiro atoms. The van der Waals surface area contributed by atoms with Crippen LogP contribution in [0.3, 0.4) is 0 Å². The van der Waals surface area contributed by atoms with Crippen LogP contribution >= 0.6 is 0 Å². The lowest BCUT2D eigenvalue weighted by Gasteiger charge is -2.33. The van der Waals surface area contributed by atoms with E-state index in [1.807, 2.05) is 35.4 Å². The van der Waals surface area contributed by atoms with Crippen molar-refractivity contribution < 1.29 is 0 Å². The normalized spacial score (nSPS) is 14.8. The Morgan fingerprint density at radius 2 is 1.94 bits per heavy atom. The molecule has 5 heterocycles. The van der Waals surface area contributed by atoms with Crippen molar-refractivity contribution in [3.63, 3.8) is 0 Å². The zero-order valence-corrected chi connectivity index (χ0v) is 19.2. The van der Waals surface area contributed by atoms with Gasteiger partial charge in [-0.2, -0.15) is 4.98 Å². The summed E-state index contributed by atoms with van der Waals surface area (Å²) in [6.45, 7) is 6.86. The highest BCUT2D eigenvalue weighted by atomic mass is 15.4. The fraction of sp³-hybridized carbons (Fsp3) is 0.292. The number of fused-ring (bicyclic) bond motifs is 2. The van der Waals surface area contributed by atoms with E-state index >= 15 is 0 Å². The molecule has 1 aliphatic rings. The number of aryl methyl sites for hydroxylation is 1. The second-order valence-electron chi connectivity index (χ2n) is 8.58. The van der Waals surface area contributed by atoms with Gasteiger partial charge in [0, 0.05) is 74.0 Å². The van der Waals surface area contributed by atoms with Gasteiger partial charge in [-0.1, -0.05) is 11.3 Å². The van der Waals surface area contributed by atoms with Gasteiger partial charge in [-0.3, -0.25) is 0 Å². The highest BCUT2D eigenvalue weighted by molar-refractivity contribution is 5.95. The third-order valence-electron chi connectivity index (χ3n) is 6.39. The van der Waals surface area contributed by atoms with E-state index in [1.165, 1.54) is 0 Å². The summed E-state index contributed by atoms with van der Waals surface area (Å²) >= 11 is 0. The Bertz CT molecular complexity index is 1460. The van der Waals surface area contributed by atoms with Crippen LogP contribution in [0.4, 0.5) is 17.5 Å². The van der Waals surface area contributed by atoms with Gasteiger partial charge in [0.15, 0.2) is 0 Å². The maximum absolute atomic E-state index is 4.71. The summed E-state index contributed by atoms with van der Waals surface area (Å²) < 4.78 is 1.90. The molecule has 4 aromatic heterocycles. The third kappa shape index (κ3) is 3.71. The van der Waals surface area contributed by atoms with Crippen molar-refractivity contribution in [2.24, 2.45) is 0 Å². The molecular formula is C24H26N10. The number of anilines is 3. The van der Waals surface area contributed by atoms with Crippen molar-refractivity contribution in [2.75, 3.05) is 43.4 Å². The molecule has 6 rings (SSSR count). The summed E-state index contributed by atoms with van der Waals surface area (Å²) in [4.78, 5) is 21.8. The molecule has 0 amide bonds. The van der Waals surface area contributed by atoms with Crippen LogP contribution in [0.25, 0.3) is 33.2 Å². The molecule has 5 aromatic rings. The molecule has 0 radical (unpaired) electrons. The van der Waals surface area contributed by atoms with Crippen molar-refractivity contribution in [3.8, 4) is 11.1 Å². The van der Waals surface area contributed by atoms with E-state index in [2.05, 4.69) is 72.6 Å². The molecular weight excluding hydrogens is 428 g/mol. The quantitative estimate of drug-likeness (QED) is 0.417. The predicted octanol–water partition coefficient (Wildman–Crippen LogP) is 3.28. The van der Waals surface area contributed by atoms with E-state index in [4.69, 9.17) is 4.98 Å². The molecule has 1 aliphatic heterocycles. The summed E-state index contributed by atoms with van der Waals surface area (Å²) in [5, 5.41) is 12.7. The first-order chi connectivity index (χ1) is 16.7. The van der Waals surface area contributed by atoms with Gasteiger partial charge in [0.05, 0.1) is 5.52 Å². The molecule has 172 valence electrons. The van der Waals surface area contributed by atoms with Crippen molar-refractivity contribution in [3.05, 3.63) is 48.9 Å². The fourth-order valence-electron chi connectivity index (χ4n) is 4.41. The Labute approximate surface area is 196 Å². The Kier molecular flexibility index (Phi) is 5.06. The van der Waals surface area contributed by atoms with Gasteiger partial charge >= 0.3 is 0 Å². The molecule has 0 saturated carbocycles. The Morgan fingerprint density at radius 3 is 2.79 bits per heavy atom. The van der Waals surface area contributed by atoms with Crippen LogP contribution < -0.4 is 10.2 Å². The summed E-state index contributed by atoms with van der Waals surface area (Å²) in [7, 11) is 2.15. The standard InChI is InChI=1S/C24H26N10/c1-3-34-21-12-16(4-5-20(21)30-31-34)18-14-26-23-19(18)15-27-24(29-23)28-17-6-7-25-22(13-17)33-10-8-32(2)9-11-33/h4-7,12-15H,3,8-11H2,1-2H3,(H2,25,26,27,28,29). The fourth-order valence-corrected chi connectivity index (χ4v) is 4.41. The number of hydrogen-bond acceptors (Lipinski definition) is 8. The largest absolute Gasteiger partial charge is 0.354 e. The average Bonchev–Trinajstić information content (AvgIpc) is 3.48. The Morgan fingerprint density at radius 1 is 1.06 bits per heavy atom. The van der Waals surface area contributed by atoms with Crippen molar-refractivity contribution in [2.45, 2.75) is 13.5 Å². The SMILES string of the molecule is CCn1nnc2ccc(-c3c[nH]c4nc(Nc5ccnc(N6CCN(C)CC6)c5)ncc34)cc21. The number of likely N-dealkylation sites (N-methyl/N-ethyl adjacent to an activating group) is 1. The summed E-state index contributed by atoms with van der Waals surface area (Å²) in [5.74, 6) is 1.51. The van der Waals surface area contributed by atoms with Crippen molar-refractivity contribution in [1.82, 2.24) is 39.8 Å². The molecule has 0 bridgehead atoms. The van der Waals surface area contributed by atoms with E-state index in [9.17, 15) is 0 Å². The first-order valence-electron chi connectivity index (χ1n) is 11.5. The number of nitrogens with one attached hydrogen (secondary N) is 2. The molecule has 2 N–H and O–H groups in total. The molecule has 1 fully saturated rings. The monoisotopic (exact) mass is 454 g/mol. The van der Waals surface area contributed by atoms with Crippen LogP contribution in [0, 0.1) is 0 Å². The number of aromatic amines is 1. The minimum Gasteiger partial charge on any atom is -0.354 e. The van der Waals surface area contributed by atoms with Gasteiger partial charge in [-0.25, -0.2) is 14.6 Å². The van der Waals surface area contributed by atoms with Crippen LogP contribution in [-0.4, -0.2) is 73.1 Å². The zero-order valence-electron chi connectivity index (χ0n) is 19.2. The second-order valence-corrected chi connectivity index (χ2v) is 8.58. The van der Waals surface area contributed by atoms with Gasteiger partial charge in [0.1, 0.15) is 17.0 Å². The van der Waals surface area contributed by atoms with Gasteiger partial charge in [-0.15, -0.1) is 5.10 Å². The van der Waals surface area contributed by atoms with Gasteiger partial charge < -0.3 is 20.1 Å². The maximum atomic E-state index is 4.71. The molecule has 1 aromatic carbocycles. The van der Waals surface area contributed by atoms with E-state index in [-0.39, 0.29) is 0 Å². The predicted molar refractivity (Wildman–Crippen MR) is 133 cm³/mol. The molecule has 0 atom stereocenters. The molecule has 34 heavy (non-hydrogen) atoms. The van der Waals surface area contributed by atoms with Gasteiger partial charge in [-0.05, 0) is 37.7 Å². The van der Waals surface area contributed by atoms with E-state index < -0.39 is 0 Å². The number of rotatable bonds is 5. The highest BCUT2D eigenvalue weighted by Crippen LogP contribution is 2.30. The lowest BCUT2D eigenvalue weighted by atomic mass is 10.1. The van der Waals surface area contributed by atoms with E-state index in [0.717, 1.165) is 77.4 Å². The lowest BCUT2D eigenvalue weighted by molar-refractivity contribution is 0.312. The first-order valence-corrected chi connectivity index (χ1v) is 11.5. The molecule has 0 aliphatic carbocycles. The Hall–Kier alpha value is -4.05. The van der Waals surface area contributed by atoms with E-state index in [1.54, 1.807) is 0 Å². The smallest absolute Gasteiger partial charge is 0.229 e. The highest BCUT2D eigenvalue weighted by Gasteiger charge is 2.16. The zero-order chi connectivity index (χ0) is 23.1. The molecule has 0 unspecified atom stereocenters. The average molecular weight is 455 g/mol. The van der Waals surface area contributed by atoms with Gasteiger partial charge in [0.2, 0.25) is 5.95 Å². The molecule has 10 nitrogen and oxygen atoms in total. The number of nitrogens with zero attached hydrogens (tertiary/aromatic N) is 8. The molecule has 10 heteroatoms. The van der Waals surface area contributed by atoms with Crippen molar-refractivity contribution in [1.29, 1.82) is 0 Å². The minimum absolute atomic E-state index is 0.542. The van der Waals surface area contributed by atoms with Crippen LogP contribution in [0.5, 0.6) is 0 Å². The number of piperazine rings is 1. The molecule has 1 saturated heterocycles. The maximum Gasteiger partial charge on any atom is 0.229 e. The van der Waals surface area contributed by atoms with Gasteiger partial charge in [0.25, 0.3) is 0 Å². The Balaban J connectivity index is 1.26. The van der Waals surface area contributed by atoms with Crippen LogP contribution in [-0.2, 0) is 6.54 Å². The minimum atomic E-state index is 0.542. The number of pyridine rings is 1. The van der Waals surface area contributed by atoms with E-state index in [0.29, 0.717) is 5.95 Å². The summed E-state index contributed by atoms with van der Waals surface area (Å²) in [6, 6.07) is 10.2. The van der Waals surface area contributed by atoms with Crippen LogP contribution in [0.2, 0.25) is 0 Å². The number of hydrogen-bond donors (Lipinski definition) is 2. The summed E-state index contributed by atoms with van der Waals surface area (Å²) in [6.07, 6.45) is 5.66. The number of H-pyrrole nitrogens is 1. The van der Waals surface area contributed by atoms with Crippen molar-refractivity contribution >= 4 is 39.5 Å². The number of benzene rings is 1. The number of aromatic nitrogens is 7. The lowest BCUT2D eigenvalue weighted by Crippen LogP contribution is -2.44. The first kappa shape index (κ1) is 20.5. The third-order valence-corrected chi connectivity index (χ3v) is 6.39. The van der Waals surface area contributed by atoms with Crippen LogP contribution in [0.1, 0.15) is 6.92 Å².